The number of nitrogens with zero attached hydrogens (tertiary/aromatic N) is 5. The SMILES string of the molecule is Cc1nnc(N2N=C(c3cnccc3Cl)SC2(CCCN)c2ccccc2)s1. The number of hydrogen-bond acceptors (Lipinski definition) is 8. The van der Waals surface area contributed by atoms with Gasteiger partial charge in [-0.2, -0.15) is 5.10 Å². The van der Waals surface area contributed by atoms with Crippen molar-refractivity contribution < 1.29 is 0 Å². The Morgan fingerprint density at radius 3 is 2.68 bits per heavy atom. The molecule has 0 amide bonds. The summed E-state index contributed by atoms with van der Waals surface area (Å²) >= 11 is 9.63. The Kier molecular flexibility index (Phi) is 5.63. The van der Waals surface area contributed by atoms with Crippen LogP contribution in [0, 0.1) is 6.92 Å². The second-order valence-electron chi connectivity index (χ2n) is 6.32. The van der Waals surface area contributed by atoms with Gasteiger partial charge in [-0.15, -0.1) is 10.2 Å². The molecule has 1 unspecified atom stereocenters. The topological polar surface area (TPSA) is 80.3 Å². The number of aryl methyl sites for hydroxylation is 1. The number of anilines is 1. The third-order valence-electron chi connectivity index (χ3n) is 4.44. The fourth-order valence-electron chi connectivity index (χ4n) is 3.13. The number of benzene rings is 1. The Labute approximate surface area is 176 Å². The average Bonchev–Trinajstić information content (AvgIpc) is 3.32. The summed E-state index contributed by atoms with van der Waals surface area (Å²) in [5, 5.41) is 18.6. The van der Waals surface area contributed by atoms with E-state index in [0.29, 0.717) is 11.6 Å². The van der Waals surface area contributed by atoms with E-state index >= 15 is 0 Å². The summed E-state index contributed by atoms with van der Waals surface area (Å²) in [6, 6.07) is 12.1. The first-order chi connectivity index (χ1) is 13.6. The minimum Gasteiger partial charge on any atom is -0.330 e. The third-order valence-corrected chi connectivity index (χ3v) is 7.03. The van der Waals surface area contributed by atoms with E-state index in [0.717, 1.165) is 39.2 Å². The summed E-state index contributed by atoms with van der Waals surface area (Å²) in [5.74, 6) is 0. The van der Waals surface area contributed by atoms with Gasteiger partial charge in [-0.25, -0.2) is 5.01 Å². The maximum Gasteiger partial charge on any atom is 0.230 e. The number of pyridine rings is 1. The van der Waals surface area contributed by atoms with Crippen LogP contribution in [0.1, 0.15) is 29.0 Å². The molecule has 0 aliphatic carbocycles. The number of aromatic nitrogens is 3. The van der Waals surface area contributed by atoms with Crippen LogP contribution in [-0.4, -0.2) is 26.8 Å². The lowest BCUT2D eigenvalue weighted by Crippen LogP contribution is -2.38. The largest absolute Gasteiger partial charge is 0.330 e. The van der Waals surface area contributed by atoms with E-state index in [4.69, 9.17) is 22.4 Å². The number of hydrogen-bond donors (Lipinski definition) is 1. The highest BCUT2D eigenvalue weighted by molar-refractivity contribution is 8.15. The smallest absolute Gasteiger partial charge is 0.230 e. The van der Waals surface area contributed by atoms with Gasteiger partial charge in [-0.05, 0) is 37.9 Å². The van der Waals surface area contributed by atoms with Gasteiger partial charge in [-0.1, -0.05) is 65.0 Å². The van der Waals surface area contributed by atoms with Crippen molar-refractivity contribution in [2.24, 2.45) is 10.8 Å². The first-order valence-electron chi connectivity index (χ1n) is 8.87. The van der Waals surface area contributed by atoms with Crippen LogP contribution in [0.15, 0.2) is 53.9 Å². The molecule has 0 saturated carbocycles. The highest BCUT2D eigenvalue weighted by atomic mass is 35.5. The maximum atomic E-state index is 6.45. The molecule has 6 nitrogen and oxygen atoms in total. The molecule has 3 aromatic rings. The molecule has 0 fully saturated rings. The van der Waals surface area contributed by atoms with Crippen LogP contribution < -0.4 is 10.7 Å². The molecule has 1 aliphatic heterocycles. The molecule has 0 radical (unpaired) electrons. The van der Waals surface area contributed by atoms with E-state index in [1.807, 2.05) is 30.1 Å². The minimum absolute atomic E-state index is 0.471. The van der Waals surface area contributed by atoms with E-state index in [-0.39, 0.29) is 0 Å². The Morgan fingerprint density at radius 2 is 2.00 bits per heavy atom. The molecule has 0 saturated heterocycles. The Hall–Kier alpha value is -2.00. The summed E-state index contributed by atoms with van der Waals surface area (Å²) in [4.78, 5) is 3.76. The summed E-state index contributed by atoms with van der Waals surface area (Å²) in [6.07, 6.45) is 5.08. The highest BCUT2D eigenvalue weighted by Crippen LogP contribution is 2.52. The lowest BCUT2D eigenvalue weighted by Gasteiger charge is -2.35. The van der Waals surface area contributed by atoms with Crippen LogP contribution in [-0.2, 0) is 4.87 Å². The Morgan fingerprint density at radius 1 is 1.18 bits per heavy atom. The second kappa shape index (κ2) is 8.16. The quantitative estimate of drug-likeness (QED) is 0.624. The second-order valence-corrected chi connectivity index (χ2v) is 9.15. The molecule has 1 atom stereocenters. The number of nitrogens with two attached hydrogens (primary N) is 1. The zero-order valence-corrected chi connectivity index (χ0v) is 17.6. The molecule has 9 heteroatoms. The minimum atomic E-state index is -0.471. The molecule has 3 heterocycles. The van der Waals surface area contributed by atoms with Crippen molar-refractivity contribution >= 4 is 44.9 Å². The van der Waals surface area contributed by atoms with Crippen molar-refractivity contribution in [1.29, 1.82) is 0 Å². The molecule has 28 heavy (non-hydrogen) atoms. The lowest BCUT2D eigenvalue weighted by atomic mass is 10.0. The molecule has 2 N–H and O–H groups in total. The summed E-state index contributed by atoms with van der Waals surface area (Å²) < 4.78 is 0. The monoisotopic (exact) mass is 430 g/mol. The maximum absolute atomic E-state index is 6.45. The van der Waals surface area contributed by atoms with Crippen LogP contribution in [0.2, 0.25) is 5.02 Å². The number of rotatable bonds is 6. The highest BCUT2D eigenvalue weighted by Gasteiger charge is 2.47. The standard InChI is InChI=1S/C19H19ClN6S2/c1-13-23-24-18(27-13)26-19(9-5-10-21,14-6-3-2-4-7-14)28-17(25-26)15-12-22-11-8-16(15)20/h2-4,6-8,11-12H,5,9-10,21H2,1H3. The van der Waals surface area contributed by atoms with Crippen LogP contribution in [0.25, 0.3) is 0 Å². The van der Waals surface area contributed by atoms with Gasteiger partial charge in [0.05, 0.1) is 5.02 Å². The van der Waals surface area contributed by atoms with Crippen LogP contribution in [0.4, 0.5) is 5.13 Å². The van der Waals surface area contributed by atoms with E-state index in [1.165, 1.54) is 11.3 Å². The molecule has 2 aromatic heterocycles. The van der Waals surface area contributed by atoms with Gasteiger partial charge in [0.25, 0.3) is 0 Å². The lowest BCUT2D eigenvalue weighted by molar-refractivity contribution is 0.525. The first-order valence-corrected chi connectivity index (χ1v) is 10.9. The molecular weight excluding hydrogens is 412 g/mol. The van der Waals surface area contributed by atoms with Gasteiger partial charge in [0.2, 0.25) is 5.13 Å². The summed E-state index contributed by atoms with van der Waals surface area (Å²) in [6.45, 7) is 2.54. The van der Waals surface area contributed by atoms with Gasteiger partial charge in [-0.3, -0.25) is 4.98 Å². The fraction of sp³-hybridized carbons (Fsp3) is 0.263. The van der Waals surface area contributed by atoms with Gasteiger partial charge in [0.1, 0.15) is 14.9 Å². The fourth-order valence-corrected chi connectivity index (χ4v) is 5.58. The van der Waals surface area contributed by atoms with Crippen molar-refractivity contribution in [2.45, 2.75) is 24.6 Å². The van der Waals surface area contributed by atoms with E-state index in [1.54, 1.807) is 30.2 Å². The van der Waals surface area contributed by atoms with E-state index < -0.39 is 4.87 Å². The Bertz CT molecular complexity index is 993. The van der Waals surface area contributed by atoms with Gasteiger partial charge in [0.15, 0.2) is 0 Å². The number of halogens is 1. The molecule has 1 aromatic carbocycles. The molecule has 0 spiro atoms. The van der Waals surface area contributed by atoms with Gasteiger partial charge < -0.3 is 5.73 Å². The number of thioether (sulfide) groups is 1. The average molecular weight is 431 g/mol. The van der Waals surface area contributed by atoms with Crippen LogP contribution in [0.5, 0.6) is 0 Å². The van der Waals surface area contributed by atoms with Crippen molar-refractivity contribution in [3.63, 3.8) is 0 Å². The van der Waals surface area contributed by atoms with Crippen molar-refractivity contribution in [3.05, 3.63) is 69.9 Å². The van der Waals surface area contributed by atoms with E-state index in [9.17, 15) is 0 Å². The summed E-state index contributed by atoms with van der Waals surface area (Å²) in [7, 11) is 0. The normalized spacial score (nSPS) is 19.1. The van der Waals surface area contributed by atoms with Gasteiger partial charge in [0, 0.05) is 18.0 Å². The molecule has 4 rings (SSSR count). The molecule has 0 bridgehead atoms. The summed E-state index contributed by atoms with van der Waals surface area (Å²) in [5.41, 5.74) is 7.83. The molecule has 144 valence electrons. The van der Waals surface area contributed by atoms with Crippen molar-refractivity contribution in [3.8, 4) is 0 Å². The molecular formula is C19H19ClN6S2. The third kappa shape index (κ3) is 3.53. The van der Waals surface area contributed by atoms with Crippen molar-refractivity contribution in [2.75, 3.05) is 11.6 Å². The molecule has 1 aliphatic rings. The number of hydrazone groups is 1. The zero-order valence-electron chi connectivity index (χ0n) is 15.2. The van der Waals surface area contributed by atoms with Crippen molar-refractivity contribution in [1.82, 2.24) is 15.2 Å². The van der Waals surface area contributed by atoms with Crippen LogP contribution in [0.3, 0.4) is 0 Å². The van der Waals surface area contributed by atoms with Crippen LogP contribution >= 0.6 is 34.7 Å². The zero-order chi connectivity index (χ0) is 19.6. The van der Waals surface area contributed by atoms with Gasteiger partial charge >= 0.3 is 0 Å². The first kappa shape index (κ1) is 19.3. The predicted molar refractivity (Wildman–Crippen MR) is 117 cm³/mol. The van der Waals surface area contributed by atoms with E-state index in [2.05, 4.69) is 27.3 Å². The predicted octanol–water partition coefficient (Wildman–Crippen LogP) is 4.40. The Balaban J connectivity index is 1.87.